The molecule has 4 aromatic rings. The normalized spacial score (nSPS) is 11.1. The Kier molecular flexibility index (Phi) is 4.93. The van der Waals surface area contributed by atoms with E-state index in [0.717, 1.165) is 27.7 Å². The molecule has 3 heterocycles. The summed E-state index contributed by atoms with van der Waals surface area (Å²) < 4.78 is 19.2. The monoisotopic (exact) mass is 377 g/mol. The molecule has 5 nitrogen and oxygen atoms in total. The van der Waals surface area contributed by atoms with Gasteiger partial charge in [-0.2, -0.15) is 0 Å². The van der Waals surface area contributed by atoms with Gasteiger partial charge in [0.25, 0.3) is 0 Å². The highest BCUT2D eigenvalue weighted by Gasteiger charge is 2.20. The average molecular weight is 377 g/mol. The SMILES string of the molecule is Cc1[nH]c2ccc(F)cc2c1CC(=O)N(Cc1cccnc1)Cc1ccco1. The van der Waals surface area contributed by atoms with Gasteiger partial charge in [0.05, 0.1) is 19.2 Å². The van der Waals surface area contributed by atoms with Crippen LogP contribution in [0.3, 0.4) is 0 Å². The number of rotatable bonds is 6. The first-order valence-corrected chi connectivity index (χ1v) is 9.06. The van der Waals surface area contributed by atoms with Gasteiger partial charge in [-0.3, -0.25) is 9.78 Å². The third kappa shape index (κ3) is 3.81. The van der Waals surface area contributed by atoms with Gasteiger partial charge in [0, 0.05) is 35.5 Å². The molecule has 0 spiro atoms. The number of carbonyl (C=O) groups is 1. The predicted molar refractivity (Wildman–Crippen MR) is 104 cm³/mol. The van der Waals surface area contributed by atoms with Crippen molar-refractivity contribution in [2.45, 2.75) is 26.4 Å². The Morgan fingerprint density at radius 3 is 2.86 bits per heavy atom. The van der Waals surface area contributed by atoms with E-state index in [0.29, 0.717) is 18.8 Å². The number of nitrogens with zero attached hydrogens (tertiary/aromatic N) is 2. The molecule has 0 aliphatic rings. The molecule has 0 saturated heterocycles. The minimum absolute atomic E-state index is 0.0616. The van der Waals surface area contributed by atoms with Gasteiger partial charge in [0.1, 0.15) is 11.6 Å². The highest BCUT2D eigenvalue weighted by atomic mass is 19.1. The standard InChI is InChI=1S/C22H20FN3O2/c1-15-19(20-10-17(23)6-7-21(20)25-15)11-22(27)26(14-18-5-3-9-28-18)13-16-4-2-8-24-12-16/h2-10,12,25H,11,13-14H2,1H3. The molecule has 0 radical (unpaired) electrons. The van der Waals surface area contributed by atoms with Crippen LogP contribution in [0, 0.1) is 12.7 Å². The molecule has 6 heteroatoms. The number of benzene rings is 1. The van der Waals surface area contributed by atoms with Gasteiger partial charge in [0.2, 0.25) is 5.91 Å². The second-order valence-electron chi connectivity index (χ2n) is 6.79. The molecule has 0 unspecified atom stereocenters. The number of aryl methyl sites for hydroxylation is 1. The third-order valence-electron chi connectivity index (χ3n) is 4.79. The first kappa shape index (κ1) is 18.0. The summed E-state index contributed by atoms with van der Waals surface area (Å²) in [6.45, 7) is 2.68. The van der Waals surface area contributed by atoms with E-state index in [1.54, 1.807) is 35.7 Å². The number of hydrogen-bond acceptors (Lipinski definition) is 3. The Bertz CT molecular complexity index is 1090. The summed E-state index contributed by atoms with van der Waals surface area (Å²) in [5.41, 5.74) is 3.44. The summed E-state index contributed by atoms with van der Waals surface area (Å²) >= 11 is 0. The quantitative estimate of drug-likeness (QED) is 0.543. The van der Waals surface area contributed by atoms with Gasteiger partial charge in [-0.05, 0) is 54.4 Å². The highest BCUT2D eigenvalue weighted by molar-refractivity contribution is 5.90. The van der Waals surface area contributed by atoms with Crippen molar-refractivity contribution in [3.63, 3.8) is 0 Å². The van der Waals surface area contributed by atoms with Gasteiger partial charge < -0.3 is 14.3 Å². The van der Waals surface area contributed by atoms with Gasteiger partial charge in [-0.25, -0.2) is 4.39 Å². The summed E-state index contributed by atoms with van der Waals surface area (Å²) in [6.07, 6.45) is 5.21. The van der Waals surface area contributed by atoms with Crippen LogP contribution in [0.25, 0.3) is 10.9 Å². The average Bonchev–Trinajstić information content (AvgIpc) is 3.30. The molecule has 0 bridgehead atoms. The largest absolute Gasteiger partial charge is 0.467 e. The second kappa shape index (κ2) is 7.68. The number of aromatic nitrogens is 2. The van der Waals surface area contributed by atoms with E-state index >= 15 is 0 Å². The minimum Gasteiger partial charge on any atom is -0.467 e. The first-order valence-electron chi connectivity index (χ1n) is 9.06. The number of furan rings is 1. The van der Waals surface area contributed by atoms with Crippen molar-refractivity contribution in [1.29, 1.82) is 0 Å². The molecule has 0 saturated carbocycles. The summed E-state index contributed by atoms with van der Waals surface area (Å²) in [6, 6.07) is 12.0. The van der Waals surface area contributed by atoms with Crippen molar-refractivity contribution >= 4 is 16.8 Å². The zero-order valence-corrected chi connectivity index (χ0v) is 15.5. The number of nitrogens with one attached hydrogen (secondary N) is 1. The maximum atomic E-state index is 13.7. The fourth-order valence-electron chi connectivity index (χ4n) is 3.38. The lowest BCUT2D eigenvalue weighted by molar-refractivity contribution is -0.132. The van der Waals surface area contributed by atoms with Crippen molar-refractivity contribution in [2.75, 3.05) is 0 Å². The Morgan fingerprint density at radius 1 is 1.21 bits per heavy atom. The number of hydrogen-bond donors (Lipinski definition) is 1. The lowest BCUT2D eigenvalue weighted by atomic mass is 10.1. The van der Waals surface area contributed by atoms with E-state index in [2.05, 4.69) is 9.97 Å². The molecule has 1 aromatic carbocycles. The minimum atomic E-state index is -0.317. The van der Waals surface area contributed by atoms with Crippen LogP contribution in [0.2, 0.25) is 0 Å². The molecule has 0 aliphatic carbocycles. The van der Waals surface area contributed by atoms with E-state index in [-0.39, 0.29) is 18.1 Å². The molecule has 0 aliphatic heterocycles. The van der Waals surface area contributed by atoms with Crippen LogP contribution in [0.4, 0.5) is 4.39 Å². The van der Waals surface area contributed by atoms with Crippen molar-refractivity contribution in [3.05, 3.63) is 89.5 Å². The van der Waals surface area contributed by atoms with Gasteiger partial charge in [-0.15, -0.1) is 0 Å². The lowest BCUT2D eigenvalue weighted by Crippen LogP contribution is -2.31. The van der Waals surface area contributed by atoms with Crippen LogP contribution in [0.5, 0.6) is 0 Å². The molecule has 4 rings (SSSR count). The number of H-pyrrole nitrogens is 1. The summed E-state index contributed by atoms with van der Waals surface area (Å²) in [7, 11) is 0. The summed E-state index contributed by atoms with van der Waals surface area (Å²) in [5.74, 6) is 0.329. The van der Waals surface area contributed by atoms with Gasteiger partial charge in [0.15, 0.2) is 0 Å². The lowest BCUT2D eigenvalue weighted by Gasteiger charge is -2.22. The topological polar surface area (TPSA) is 62.1 Å². The van der Waals surface area contributed by atoms with Crippen LogP contribution < -0.4 is 0 Å². The number of aromatic amines is 1. The van der Waals surface area contributed by atoms with Crippen molar-refractivity contribution < 1.29 is 13.6 Å². The Balaban J connectivity index is 1.62. The Labute approximate surface area is 161 Å². The maximum absolute atomic E-state index is 13.7. The molecule has 3 aromatic heterocycles. The molecule has 0 atom stereocenters. The van der Waals surface area contributed by atoms with Crippen LogP contribution in [-0.2, 0) is 24.3 Å². The van der Waals surface area contributed by atoms with Gasteiger partial charge in [-0.1, -0.05) is 6.07 Å². The smallest absolute Gasteiger partial charge is 0.227 e. The molecule has 0 fully saturated rings. The molecule has 28 heavy (non-hydrogen) atoms. The van der Waals surface area contributed by atoms with Crippen LogP contribution in [-0.4, -0.2) is 20.8 Å². The van der Waals surface area contributed by atoms with Crippen LogP contribution in [0.15, 0.2) is 65.5 Å². The van der Waals surface area contributed by atoms with E-state index < -0.39 is 0 Å². The molecular weight excluding hydrogens is 357 g/mol. The highest BCUT2D eigenvalue weighted by Crippen LogP contribution is 2.24. The number of pyridine rings is 1. The first-order chi connectivity index (χ1) is 13.6. The molecule has 1 amide bonds. The summed E-state index contributed by atoms with van der Waals surface area (Å²) in [4.78, 5) is 22.3. The number of carbonyl (C=O) groups excluding carboxylic acids is 1. The zero-order chi connectivity index (χ0) is 19.5. The van der Waals surface area contributed by atoms with Crippen molar-refractivity contribution in [3.8, 4) is 0 Å². The van der Waals surface area contributed by atoms with Gasteiger partial charge >= 0.3 is 0 Å². The fourth-order valence-corrected chi connectivity index (χ4v) is 3.38. The van der Waals surface area contributed by atoms with E-state index in [4.69, 9.17) is 4.42 Å². The third-order valence-corrected chi connectivity index (χ3v) is 4.79. The molecular formula is C22H20FN3O2. The van der Waals surface area contributed by atoms with Crippen LogP contribution >= 0.6 is 0 Å². The molecule has 1 N–H and O–H groups in total. The van der Waals surface area contributed by atoms with E-state index in [1.807, 2.05) is 25.1 Å². The van der Waals surface area contributed by atoms with E-state index in [9.17, 15) is 9.18 Å². The number of fused-ring (bicyclic) bond motifs is 1. The molecule has 142 valence electrons. The summed E-state index contributed by atoms with van der Waals surface area (Å²) in [5, 5.41) is 0.741. The predicted octanol–water partition coefficient (Wildman–Crippen LogP) is 4.37. The fraction of sp³-hybridized carbons (Fsp3) is 0.182. The number of halogens is 1. The zero-order valence-electron chi connectivity index (χ0n) is 15.5. The van der Waals surface area contributed by atoms with Crippen molar-refractivity contribution in [2.24, 2.45) is 0 Å². The van der Waals surface area contributed by atoms with Crippen molar-refractivity contribution in [1.82, 2.24) is 14.9 Å². The van der Waals surface area contributed by atoms with Crippen LogP contribution in [0.1, 0.15) is 22.6 Å². The van der Waals surface area contributed by atoms with E-state index in [1.165, 1.54) is 12.1 Å². The Morgan fingerprint density at radius 2 is 2.11 bits per heavy atom. The number of amides is 1. The second-order valence-corrected chi connectivity index (χ2v) is 6.79. The Hall–Kier alpha value is -3.41. The maximum Gasteiger partial charge on any atom is 0.227 e.